The maximum Gasteiger partial charge on any atom is 0.338 e. The number of aromatic nitrogens is 1. The van der Waals surface area contributed by atoms with Crippen LogP contribution in [0.5, 0.6) is 5.75 Å². The van der Waals surface area contributed by atoms with Crippen molar-refractivity contribution in [3.05, 3.63) is 41.3 Å². The summed E-state index contributed by atoms with van der Waals surface area (Å²) in [6.45, 7) is 4.02. The van der Waals surface area contributed by atoms with Crippen LogP contribution in [0.2, 0.25) is 0 Å². The topological polar surface area (TPSA) is 98.9 Å². The van der Waals surface area contributed by atoms with Gasteiger partial charge in [-0.25, -0.2) is 13.2 Å². The third-order valence-corrected chi connectivity index (χ3v) is 6.79. The first-order valence-corrected chi connectivity index (χ1v) is 10.6. The van der Waals surface area contributed by atoms with Crippen molar-refractivity contribution in [1.82, 2.24) is 9.46 Å². The lowest BCUT2D eigenvalue weighted by Crippen LogP contribution is -2.42. The largest absolute Gasteiger partial charge is 0.495 e. The molecule has 1 aromatic carbocycles. The first-order chi connectivity index (χ1) is 13.3. The predicted octanol–water partition coefficient (Wildman–Crippen LogP) is 2.91. The fourth-order valence-corrected chi connectivity index (χ4v) is 5.15. The van der Waals surface area contributed by atoms with Crippen LogP contribution in [0.1, 0.15) is 48.0 Å². The summed E-state index contributed by atoms with van der Waals surface area (Å²) in [6, 6.07) is 5.82. The number of benzene rings is 1. The number of piperidine rings is 1. The van der Waals surface area contributed by atoms with Gasteiger partial charge in [-0.05, 0) is 44.9 Å². The Morgan fingerprint density at radius 3 is 2.75 bits per heavy atom. The molecule has 152 valence electrons. The minimum absolute atomic E-state index is 0.0320. The average Bonchev–Trinajstić information content (AvgIpc) is 3.11. The molecule has 0 spiro atoms. The van der Waals surface area contributed by atoms with Crippen LogP contribution in [0, 0.1) is 6.92 Å². The van der Waals surface area contributed by atoms with Crippen molar-refractivity contribution in [2.24, 2.45) is 0 Å². The van der Waals surface area contributed by atoms with Gasteiger partial charge in [-0.2, -0.15) is 4.31 Å². The van der Waals surface area contributed by atoms with E-state index in [0.29, 0.717) is 18.0 Å². The first kappa shape index (κ1) is 20.3. The summed E-state index contributed by atoms with van der Waals surface area (Å²) in [5, 5.41) is 3.76. The zero-order valence-electron chi connectivity index (χ0n) is 16.2. The quantitative estimate of drug-likeness (QED) is 0.678. The van der Waals surface area contributed by atoms with E-state index in [1.54, 1.807) is 13.0 Å². The van der Waals surface area contributed by atoms with E-state index < -0.39 is 16.0 Å². The number of nitrogens with zero attached hydrogens (tertiary/aromatic N) is 2. The van der Waals surface area contributed by atoms with Gasteiger partial charge in [0, 0.05) is 18.7 Å². The van der Waals surface area contributed by atoms with Crippen LogP contribution in [-0.4, -0.2) is 43.5 Å². The molecule has 3 rings (SSSR count). The molecule has 1 fully saturated rings. The highest BCUT2D eigenvalue weighted by molar-refractivity contribution is 7.89. The summed E-state index contributed by atoms with van der Waals surface area (Å²) in [7, 11) is -2.40. The van der Waals surface area contributed by atoms with Gasteiger partial charge in [-0.3, -0.25) is 0 Å². The molecule has 1 unspecified atom stereocenters. The Kier molecular flexibility index (Phi) is 6.04. The number of carbonyl (C=O) groups is 1. The Bertz CT molecular complexity index is 953. The van der Waals surface area contributed by atoms with Crippen molar-refractivity contribution in [2.45, 2.75) is 50.7 Å². The Morgan fingerprint density at radius 1 is 1.32 bits per heavy atom. The van der Waals surface area contributed by atoms with Crippen molar-refractivity contribution in [2.75, 3.05) is 13.7 Å². The van der Waals surface area contributed by atoms with E-state index >= 15 is 0 Å². The summed E-state index contributed by atoms with van der Waals surface area (Å²) in [4.78, 5) is 12.4. The lowest BCUT2D eigenvalue weighted by atomic mass is 10.1. The van der Waals surface area contributed by atoms with Crippen LogP contribution < -0.4 is 4.74 Å². The van der Waals surface area contributed by atoms with Crippen molar-refractivity contribution < 1.29 is 27.2 Å². The molecule has 0 N–H and O–H groups in total. The highest BCUT2D eigenvalue weighted by atomic mass is 32.2. The maximum atomic E-state index is 13.2. The molecule has 1 aliphatic rings. The zero-order valence-corrected chi connectivity index (χ0v) is 17.0. The number of hydrogen-bond acceptors (Lipinski definition) is 7. The second-order valence-corrected chi connectivity index (χ2v) is 8.69. The minimum atomic E-state index is -3.80. The fraction of sp³-hybridized carbons (Fsp3) is 0.474. The van der Waals surface area contributed by atoms with Gasteiger partial charge in [-0.1, -0.05) is 11.6 Å². The summed E-state index contributed by atoms with van der Waals surface area (Å²) in [5.74, 6) is 0.160. The SMILES string of the molecule is COc1ccc(C(=O)OCc2cc(C)on2)cc1S(=O)(=O)N1CCCCC1C. The van der Waals surface area contributed by atoms with Crippen molar-refractivity contribution in [1.29, 1.82) is 0 Å². The molecule has 1 saturated heterocycles. The molecule has 28 heavy (non-hydrogen) atoms. The van der Waals surface area contributed by atoms with Gasteiger partial charge in [0.05, 0.1) is 12.7 Å². The van der Waals surface area contributed by atoms with Crippen LogP contribution in [0.25, 0.3) is 0 Å². The zero-order chi connectivity index (χ0) is 20.3. The number of methoxy groups -OCH3 is 1. The first-order valence-electron chi connectivity index (χ1n) is 9.12. The molecule has 1 atom stereocenters. The standard InChI is InChI=1S/C19H24N2O6S/c1-13-6-4-5-9-21(13)28(23,24)18-11-15(7-8-17(18)25-3)19(22)26-12-16-10-14(2)27-20-16/h7-8,10-11,13H,4-6,9,12H2,1-3H3. The normalized spacial score (nSPS) is 18.0. The van der Waals surface area contributed by atoms with Gasteiger partial charge in [-0.15, -0.1) is 0 Å². The van der Waals surface area contributed by atoms with E-state index in [1.165, 1.54) is 29.6 Å². The molecule has 1 aliphatic heterocycles. The highest BCUT2D eigenvalue weighted by Gasteiger charge is 2.33. The number of aryl methyl sites for hydroxylation is 1. The molecule has 0 saturated carbocycles. The molecular formula is C19H24N2O6S. The number of esters is 1. The summed E-state index contributed by atoms with van der Waals surface area (Å²) >= 11 is 0. The van der Waals surface area contributed by atoms with Crippen LogP contribution in [0.3, 0.4) is 0 Å². The second-order valence-electron chi connectivity index (χ2n) is 6.83. The van der Waals surface area contributed by atoms with E-state index in [2.05, 4.69) is 5.16 Å². The lowest BCUT2D eigenvalue weighted by Gasteiger charge is -2.32. The highest BCUT2D eigenvalue weighted by Crippen LogP contribution is 2.31. The van der Waals surface area contributed by atoms with E-state index in [0.717, 1.165) is 19.3 Å². The van der Waals surface area contributed by atoms with Crippen LogP contribution >= 0.6 is 0 Å². The number of hydrogen-bond donors (Lipinski definition) is 0. The average molecular weight is 408 g/mol. The summed E-state index contributed by atoms with van der Waals surface area (Å²) in [5.41, 5.74) is 0.610. The Hall–Kier alpha value is -2.39. The number of carbonyl (C=O) groups excluding carboxylic acids is 1. The number of ether oxygens (including phenoxy) is 2. The third kappa shape index (κ3) is 4.20. The van der Waals surface area contributed by atoms with Gasteiger partial charge < -0.3 is 14.0 Å². The van der Waals surface area contributed by atoms with Gasteiger partial charge in [0.25, 0.3) is 0 Å². The number of sulfonamides is 1. The van der Waals surface area contributed by atoms with Crippen molar-refractivity contribution >= 4 is 16.0 Å². The number of rotatable bonds is 6. The molecule has 0 amide bonds. The van der Waals surface area contributed by atoms with E-state index in [9.17, 15) is 13.2 Å². The molecule has 9 heteroatoms. The van der Waals surface area contributed by atoms with Crippen molar-refractivity contribution in [3.63, 3.8) is 0 Å². The van der Waals surface area contributed by atoms with Crippen LogP contribution in [-0.2, 0) is 21.4 Å². The van der Waals surface area contributed by atoms with Gasteiger partial charge in [0.2, 0.25) is 10.0 Å². The smallest absolute Gasteiger partial charge is 0.338 e. The summed E-state index contributed by atoms with van der Waals surface area (Å²) in [6.07, 6.45) is 2.61. The molecule has 1 aromatic heterocycles. The van der Waals surface area contributed by atoms with Crippen LogP contribution in [0.15, 0.2) is 33.7 Å². The Morgan fingerprint density at radius 2 is 2.11 bits per heavy atom. The Labute approximate surface area is 164 Å². The molecule has 2 aromatic rings. The molecule has 0 aliphatic carbocycles. The monoisotopic (exact) mass is 408 g/mol. The second kappa shape index (κ2) is 8.32. The van der Waals surface area contributed by atoms with Gasteiger partial charge >= 0.3 is 5.97 Å². The minimum Gasteiger partial charge on any atom is -0.495 e. The third-order valence-electron chi connectivity index (χ3n) is 4.76. The Balaban J connectivity index is 1.85. The molecule has 0 bridgehead atoms. The van der Waals surface area contributed by atoms with Gasteiger partial charge in [0.1, 0.15) is 28.7 Å². The molecule has 2 heterocycles. The molecule has 0 radical (unpaired) electrons. The van der Waals surface area contributed by atoms with E-state index in [4.69, 9.17) is 14.0 Å². The molecule has 8 nitrogen and oxygen atoms in total. The lowest BCUT2D eigenvalue weighted by molar-refractivity contribution is 0.0464. The fourth-order valence-electron chi connectivity index (χ4n) is 3.27. The van der Waals surface area contributed by atoms with E-state index in [-0.39, 0.29) is 28.9 Å². The van der Waals surface area contributed by atoms with Gasteiger partial charge in [0.15, 0.2) is 0 Å². The van der Waals surface area contributed by atoms with Crippen LogP contribution in [0.4, 0.5) is 0 Å². The van der Waals surface area contributed by atoms with E-state index in [1.807, 2.05) is 6.92 Å². The molecular weight excluding hydrogens is 384 g/mol. The maximum absolute atomic E-state index is 13.2. The summed E-state index contributed by atoms with van der Waals surface area (Å²) < 4.78 is 43.3. The predicted molar refractivity (Wildman–Crippen MR) is 101 cm³/mol. The van der Waals surface area contributed by atoms with Crippen molar-refractivity contribution in [3.8, 4) is 5.75 Å².